The molecule has 2 aromatic heterocycles. The Hall–Kier alpha value is -1.89. The minimum atomic E-state index is 0.504. The maximum atomic E-state index is 4.96. The van der Waals surface area contributed by atoms with Gasteiger partial charge in [0.1, 0.15) is 0 Å². The van der Waals surface area contributed by atoms with E-state index < -0.39 is 0 Å². The molecule has 1 aromatic carbocycles. The second-order valence-corrected chi connectivity index (χ2v) is 10.1. The smallest absolute Gasteiger partial charge is 0.187 e. The number of thioether (sulfide) groups is 1. The van der Waals surface area contributed by atoms with Gasteiger partial charge < -0.3 is 9.47 Å². The Morgan fingerprint density at radius 2 is 1.87 bits per heavy atom. The molecule has 31 heavy (non-hydrogen) atoms. The number of rotatable bonds is 7. The van der Waals surface area contributed by atoms with Crippen molar-refractivity contribution in [1.82, 2.24) is 24.3 Å². The summed E-state index contributed by atoms with van der Waals surface area (Å²) >= 11 is 1.81. The van der Waals surface area contributed by atoms with Crippen LogP contribution in [0, 0.1) is 0 Å². The zero-order valence-corrected chi connectivity index (χ0v) is 19.4. The van der Waals surface area contributed by atoms with Crippen molar-refractivity contribution < 1.29 is 0 Å². The van der Waals surface area contributed by atoms with Crippen molar-refractivity contribution in [2.24, 2.45) is 7.05 Å². The monoisotopic (exact) mass is 435 g/mol. The highest BCUT2D eigenvalue weighted by Crippen LogP contribution is 2.29. The Bertz CT molecular complexity index is 1010. The first-order valence-corrected chi connectivity index (χ1v) is 12.7. The van der Waals surface area contributed by atoms with Gasteiger partial charge >= 0.3 is 0 Å². The maximum absolute atomic E-state index is 4.96. The highest BCUT2D eigenvalue weighted by atomic mass is 32.2. The first-order chi connectivity index (χ1) is 15.3. The van der Waals surface area contributed by atoms with Gasteiger partial charge in [-0.25, -0.2) is 9.97 Å². The molecule has 0 aliphatic carbocycles. The third-order valence-electron chi connectivity index (χ3n) is 6.79. The largest absolute Gasteiger partial charge is 0.350 e. The van der Waals surface area contributed by atoms with E-state index in [1.165, 1.54) is 67.5 Å². The zero-order chi connectivity index (χ0) is 21.0. The Balaban J connectivity index is 1.21. The molecule has 4 heterocycles. The van der Waals surface area contributed by atoms with Crippen LogP contribution in [0.2, 0.25) is 0 Å². The van der Waals surface area contributed by atoms with Gasteiger partial charge in [0.15, 0.2) is 5.16 Å². The number of piperidine rings is 1. The van der Waals surface area contributed by atoms with E-state index in [2.05, 4.69) is 62.9 Å². The van der Waals surface area contributed by atoms with Crippen LogP contribution >= 0.6 is 11.8 Å². The maximum Gasteiger partial charge on any atom is 0.187 e. The van der Waals surface area contributed by atoms with Crippen molar-refractivity contribution in [3.63, 3.8) is 0 Å². The van der Waals surface area contributed by atoms with E-state index in [4.69, 9.17) is 4.98 Å². The predicted molar refractivity (Wildman–Crippen MR) is 129 cm³/mol. The van der Waals surface area contributed by atoms with Crippen LogP contribution in [0.3, 0.4) is 0 Å². The van der Waals surface area contributed by atoms with Crippen molar-refractivity contribution in [3.8, 4) is 0 Å². The van der Waals surface area contributed by atoms with Crippen LogP contribution in [0.4, 0.5) is 0 Å². The normalized spacial score (nSPS) is 20.6. The molecule has 2 fully saturated rings. The third kappa shape index (κ3) is 4.97. The second kappa shape index (κ2) is 9.72. The summed E-state index contributed by atoms with van der Waals surface area (Å²) in [5, 5.41) is 2.33. The molecule has 2 aliphatic rings. The van der Waals surface area contributed by atoms with Crippen LogP contribution < -0.4 is 0 Å². The standard InChI is InChI=1S/C25H33N5S/c1-28-17-21(22-8-2-3-9-24(22)28)19-30-14-6-7-20(18-30)23-10-11-26-25(27-23)31-16-15-29-12-4-5-13-29/h2-3,8-11,17,20H,4-7,12-16,18-19H2,1H3. The average molecular weight is 436 g/mol. The van der Waals surface area contributed by atoms with Crippen LogP contribution in [0.5, 0.6) is 0 Å². The summed E-state index contributed by atoms with van der Waals surface area (Å²) in [7, 11) is 2.15. The molecule has 164 valence electrons. The summed E-state index contributed by atoms with van der Waals surface area (Å²) in [5.41, 5.74) is 3.97. The van der Waals surface area contributed by atoms with Gasteiger partial charge in [0, 0.05) is 67.3 Å². The molecule has 0 saturated carbocycles. The molecule has 0 spiro atoms. The molecule has 0 N–H and O–H groups in total. The quantitative estimate of drug-likeness (QED) is 0.402. The van der Waals surface area contributed by atoms with Gasteiger partial charge in [-0.2, -0.15) is 0 Å². The van der Waals surface area contributed by atoms with Crippen molar-refractivity contribution >= 4 is 22.7 Å². The van der Waals surface area contributed by atoms with Gasteiger partial charge in [-0.3, -0.25) is 4.90 Å². The first kappa shape index (κ1) is 21.0. The summed E-state index contributed by atoms with van der Waals surface area (Å²) in [4.78, 5) is 14.7. The number of benzene rings is 1. The molecule has 0 bridgehead atoms. The van der Waals surface area contributed by atoms with Crippen molar-refractivity contribution in [2.75, 3.05) is 38.5 Å². The van der Waals surface area contributed by atoms with E-state index in [1.807, 2.05) is 18.0 Å². The van der Waals surface area contributed by atoms with Crippen LogP contribution in [0.25, 0.3) is 10.9 Å². The fourth-order valence-electron chi connectivity index (χ4n) is 5.16. The lowest BCUT2D eigenvalue weighted by molar-refractivity contribution is 0.198. The SMILES string of the molecule is Cn1cc(CN2CCCC(c3ccnc(SCCN4CCCC4)n3)C2)c2ccccc21. The first-order valence-electron chi connectivity index (χ1n) is 11.7. The Kier molecular flexibility index (Phi) is 6.58. The number of nitrogens with zero attached hydrogens (tertiary/aromatic N) is 5. The number of aromatic nitrogens is 3. The Labute approximate surface area is 189 Å². The Morgan fingerprint density at radius 3 is 2.77 bits per heavy atom. The molecular formula is C25H33N5S. The number of fused-ring (bicyclic) bond motifs is 1. The average Bonchev–Trinajstić information content (AvgIpc) is 3.43. The predicted octanol–water partition coefficient (Wildman–Crippen LogP) is 4.54. The van der Waals surface area contributed by atoms with Crippen molar-refractivity contribution in [2.45, 2.75) is 43.3 Å². The molecule has 0 amide bonds. The minimum Gasteiger partial charge on any atom is -0.350 e. The van der Waals surface area contributed by atoms with Gasteiger partial charge in [-0.1, -0.05) is 30.0 Å². The molecule has 6 heteroatoms. The number of likely N-dealkylation sites (tertiary alicyclic amines) is 2. The van der Waals surface area contributed by atoms with Crippen LogP contribution in [0.1, 0.15) is 42.9 Å². The fraction of sp³-hybridized carbons (Fsp3) is 0.520. The lowest BCUT2D eigenvalue weighted by Gasteiger charge is -2.32. The lowest BCUT2D eigenvalue weighted by Crippen LogP contribution is -2.34. The molecule has 3 aromatic rings. The molecule has 5 nitrogen and oxygen atoms in total. The van der Waals surface area contributed by atoms with E-state index >= 15 is 0 Å². The van der Waals surface area contributed by atoms with E-state index in [9.17, 15) is 0 Å². The van der Waals surface area contributed by atoms with Crippen LogP contribution in [-0.2, 0) is 13.6 Å². The summed E-state index contributed by atoms with van der Waals surface area (Å²) in [5.74, 6) is 1.59. The lowest BCUT2D eigenvalue weighted by atomic mass is 9.94. The molecular weight excluding hydrogens is 402 g/mol. The number of hydrogen-bond donors (Lipinski definition) is 0. The number of para-hydroxylation sites is 1. The third-order valence-corrected chi connectivity index (χ3v) is 7.63. The number of aryl methyl sites for hydroxylation is 1. The second-order valence-electron chi connectivity index (χ2n) is 9.02. The van der Waals surface area contributed by atoms with Gasteiger partial charge in [-0.15, -0.1) is 0 Å². The van der Waals surface area contributed by atoms with Gasteiger partial charge in [0.25, 0.3) is 0 Å². The highest BCUT2D eigenvalue weighted by molar-refractivity contribution is 7.99. The van der Waals surface area contributed by atoms with Crippen LogP contribution in [-0.4, -0.2) is 62.8 Å². The van der Waals surface area contributed by atoms with E-state index in [1.54, 1.807) is 0 Å². The van der Waals surface area contributed by atoms with Crippen LogP contribution in [0.15, 0.2) is 47.9 Å². The molecule has 1 atom stereocenters. The molecule has 2 aliphatic heterocycles. The molecule has 5 rings (SSSR count). The van der Waals surface area contributed by atoms with Gasteiger partial charge in [0.05, 0.1) is 0 Å². The van der Waals surface area contributed by atoms with Crippen molar-refractivity contribution in [1.29, 1.82) is 0 Å². The molecule has 2 saturated heterocycles. The molecule has 0 radical (unpaired) electrons. The van der Waals surface area contributed by atoms with E-state index in [0.717, 1.165) is 30.5 Å². The summed E-state index contributed by atoms with van der Waals surface area (Å²) < 4.78 is 2.25. The van der Waals surface area contributed by atoms with Gasteiger partial charge in [-0.05, 0) is 63.0 Å². The summed E-state index contributed by atoms with van der Waals surface area (Å²) in [6.07, 6.45) is 9.43. The molecule has 1 unspecified atom stereocenters. The van der Waals surface area contributed by atoms with Gasteiger partial charge in [0.2, 0.25) is 0 Å². The summed E-state index contributed by atoms with van der Waals surface area (Å²) in [6, 6.07) is 10.9. The van der Waals surface area contributed by atoms with E-state index in [0.29, 0.717) is 5.92 Å². The minimum absolute atomic E-state index is 0.504. The number of hydrogen-bond acceptors (Lipinski definition) is 5. The fourth-order valence-corrected chi connectivity index (χ4v) is 5.99. The zero-order valence-electron chi connectivity index (χ0n) is 18.5. The topological polar surface area (TPSA) is 37.2 Å². The summed E-state index contributed by atoms with van der Waals surface area (Å²) in [6.45, 7) is 6.94. The van der Waals surface area contributed by atoms with Crippen molar-refractivity contribution in [3.05, 3.63) is 54.0 Å². The Morgan fingerprint density at radius 1 is 1.03 bits per heavy atom. The van der Waals surface area contributed by atoms with E-state index in [-0.39, 0.29) is 0 Å². The highest BCUT2D eigenvalue weighted by Gasteiger charge is 2.24.